The predicted octanol–water partition coefficient (Wildman–Crippen LogP) is 3.66. The summed E-state index contributed by atoms with van der Waals surface area (Å²) in [5.74, 6) is 0. The number of hydrogen-bond acceptors (Lipinski definition) is 2. The highest BCUT2D eigenvalue weighted by atomic mass is 16.3. The fraction of sp³-hybridized carbons (Fsp3) is 0.500. The molecular weight excluding hydrogens is 260 g/mol. The fourth-order valence-corrected chi connectivity index (χ4v) is 2.87. The summed E-state index contributed by atoms with van der Waals surface area (Å²) in [6.07, 6.45) is 3.41. The second kappa shape index (κ2) is 6.90. The Labute approximate surface area is 127 Å². The minimum atomic E-state index is -0.402. The molecule has 0 spiro atoms. The summed E-state index contributed by atoms with van der Waals surface area (Å²) in [4.78, 5) is 0. The van der Waals surface area contributed by atoms with Crippen LogP contribution in [0.4, 0.5) is 0 Å². The van der Waals surface area contributed by atoms with Crippen LogP contribution in [0.1, 0.15) is 53.9 Å². The molecule has 0 bridgehead atoms. The molecule has 1 N–H and O–H groups in total. The molecule has 1 atom stereocenters. The van der Waals surface area contributed by atoms with Crippen LogP contribution in [0.25, 0.3) is 0 Å². The Morgan fingerprint density at radius 1 is 1.24 bits per heavy atom. The van der Waals surface area contributed by atoms with Crippen molar-refractivity contribution in [2.45, 2.75) is 52.6 Å². The van der Waals surface area contributed by atoms with E-state index in [1.54, 1.807) is 0 Å². The minimum absolute atomic E-state index is 0.402. The van der Waals surface area contributed by atoms with Gasteiger partial charge in [0.2, 0.25) is 0 Å². The second-order valence-corrected chi connectivity index (χ2v) is 5.82. The van der Waals surface area contributed by atoms with E-state index in [1.807, 2.05) is 30.8 Å². The number of aliphatic hydroxyl groups excluding tert-OH is 1. The van der Waals surface area contributed by atoms with Crippen molar-refractivity contribution in [2.24, 2.45) is 7.05 Å². The molecule has 3 nitrogen and oxygen atoms in total. The lowest BCUT2D eigenvalue weighted by molar-refractivity contribution is 0.167. The monoisotopic (exact) mass is 286 g/mol. The van der Waals surface area contributed by atoms with Crippen LogP contribution in [0.15, 0.2) is 24.3 Å². The lowest BCUT2D eigenvalue weighted by Crippen LogP contribution is -2.02. The quantitative estimate of drug-likeness (QED) is 0.880. The lowest BCUT2D eigenvalue weighted by atomic mass is 9.98. The standard InChI is InChI=1S/C18H26N2O/c1-5-7-15-8-6-9-16(12-15)18(21)11-10-17-13(2)19-20(4)14(17)3/h6,8-9,12,18,21H,5,7,10-11H2,1-4H3. The first-order valence-electron chi connectivity index (χ1n) is 7.79. The first-order valence-corrected chi connectivity index (χ1v) is 7.79. The number of benzene rings is 1. The summed E-state index contributed by atoms with van der Waals surface area (Å²) in [6, 6.07) is 8.34. The molecule has 0 saturated heterocycles. The van der Waals surface area contributed by atoms with E-state index < -0.39 is 6.10 Å². The summed E-state index contributed by atoms with van der Waals surface area (Å²) >= 11 is 0. The fourth-order valence-electron chi connectivity index (χ4n) is 2.87. The normalized spacial score (nSPS) is 12.6. The smallest absolute Gasteiger partial charge is 0.0793 e. The van der Waals surface area contributed by atoms with Gasteiger partial charge in [-0.2, -0.15) is 5.10 Å². The summed E-state index contributed by atoms with van der Waals surface area (Å²) in [5, 5.41) is 14.9. The third-order valence-electron chi connectivity index (χ3n) is 4.20. The predicted molar refractivity (Wildman–Crippen MR) is 86.4 cm³/mol. The average molecular weight is 286 g/mol. The molecule has 1 aromatic heterocycles. The van der Waals surface area contributed by atoms with Gasteiger partial charge in [0.05, 0.1) is 11.8 Å². The number of rotatable bonds is 6. The maximum atomic E-state index is 10.4. The number of nitrogens with zero attached hydrogens (tertiary/aromatic N) is 2. The van der Waals surface area contributed by atoms with E-state index in [9.17, 15) is 5.11 Å². The Kier molecular flexibility index (Phi) is 5.18. The molecule has 0 fully saturated rings. The van der Waals surface area contributed by atoms with Gasteiger partial charge in [-0.05, 0) is 49.8 Å². The van der Waals surface area contributed by atoms with Crippen LogP contribution in [-0.4, -0.2) is 14.9 Å². The molecule has 1 heterocycles. The summed E-state index contributed by atoms with van der Waals surface area (Å²) in [5.41, 5.74) is 5.87. The topological polar surface area (TPSA) is 38.1 Å². The molecule has 21 heavy (non-hydrogen) atoms. The first kappa shape index (κ1) is 15.8. The van der Waals surface area contributed by atoms with E-state index in [0.717, 1.165) is 36.9 Å². The van der Waals surface area contributed by atoms with Gasteiger partial charge in [0.15, 0.2) is 0 Å². The van der Waals surface area contributed by atoms with Crippen molar-refractivity contribution in [1.82, 2.24) is 9.78 Å². The molecule has 0 aliphatic rings. The summed E-state index contributed by atoms with van der Waals surface area (Å²) < 4.78 is 1.92. The highest BCUT2D eigenvalue weighted by molar-refractivity contribution is 5.27. The number of aryl methyl sites for hydroxylation is 3. The van der Waals surface area contributed by atoms with Crippen LogP contribution in [0.5, 0.6) is 0 Å². The van der Waals surface area contributed by atoms with E-state index >= 15 is 0 Å². The lowest BCUT2D eigenvalue weighted by Gasteiger charge is -2.12. The van der Waals surface area contributed by atoms with Gasteiger partial charge < -0.3 is 5.11 Å². The van der Waals surface area contributed by atoms with Crippen LogP contribution < -0.4 is 0 Å². The summed E-state index contributed by atoms with van der Waals surface area (Å²) in [7, 11) is 1.97. The van der Waals surface area contributed by atoms with Gasteiger partial charge in [-0.3, -0.25) is 4.68 Å². The molecule has 2 aromatic rings. The van der Waals surface area contributed by atoms with Gasteiger partial charge in [-0.1, -0.05) is 37.6 Å². The number of hydrogen-bond donors (Lipinski definition) is 1. The molecule has 0 aliphatic carbocycles. The van der Waals surface area contributed by atoms with Gasteiger partial charge in [0, 0.05) is 12.7 Å². The zero-order valence-corrected chi connectivity index (χ0v) is 13.6. The number of aromatic nitrogens is 2. The van der Waals surface area contributed by atoms with E-state index in [2.05, 4.69) is 31.1 Å². The highest BCUT2D eigenvalue weighted by Crippen LogP contribution is 2.23. The molecule has 0 aliphatic heterocycles. The molecule has 3 heteroatoms. The van der Waals surface area contributed by atoms with Crippen LogP contribution in [-0.2, 0) is 19.9 Å². The highest BCUT2D eigenvalue weighted by Gasteiger charge is 2.13. The molecule has 2 rings (SSSR count). The molecule has 0 radical (unpaired) electrons. The Balaban J connectivity index is 2.04. The van der Waals surface area contributed by atoms with E-state index in [-0.39, 0.29) is 0 Å². The maximum Gasteiger partial charge on any atom is 0.0793 e. The molecule has 1 aromatic carbocycles. The molecular formula is C18H26N2O. The van der Waals surface area contributed by atoms with E-state index in [1.165, 1.54) is 16.8 Å². The Bertz CT molecular complexity index is 601. The van der Waals surface area contributed by atoms with Crippen LogP contribution in [0, 0.1) is 13.8 Å². The van der Waals surface area contributed by atoms with Crippen molar-refractivity contribution < 1.29 is 5.11 Å². The van der Waals surface area contributed by atoms with Gasteiger partial charge in [-0.15, -0.1) is 0 Å². The molecule has 0 saturated carbocycles. The zero-order valence-electron chi connectivity index (χ0n) is 13.6. The van der Waals surface area contributed by atoms with E-state index in [4.69, 9.17) is 0 Å². The van der Waals surface area contributed by atoms with Gasteiger partial charge in [-0.25, -0.2) is 0 Å². The van der Waals surface area contributed by atoms with Crippen molar-refractivity contribution in [3.63, 3.8) is 0 Å². The van der Waals surface area contributed by atoms with Gasteiger partial charge >= 0.3 is 0 Å². The van der Waals surface area contributed by atoms with Crippen molar-refractivity contribution in [2.75, 3.05) is 0 Å². The first-order chi connectivity index (χ1) is 10.0. The Morgan fingerprint density at radius 2 is 2.00 bits per heavy atom. The Hall–Kier alpha value is -1.61. The SMILES string of the molecule is CCCc1cccc(C(O)CCc2c(C)nn(C)c2C)c1. The van der Waals surface area contributed by atoms with Crippen LogP contribution in [0.2, 0.25) is 0 Å². The van der Waals surface area contributed by atoms with Crippen molar-refractivity contribution in [3.05, 3.63) is 52.3 Å². The van der Waals surface area contributed by atoms with Crippen molar-refractivity contribution in [3.8, 4) is 0 Å². The molecule has 0 amide bonds. The minimum Gasteiger partial charge on any atom is -0.388 e. The molecule has 1 unspecified atom stereocenters. The number of aliphatic hydroxyl groups is 1. The third kappa shape index (κ3) is 3.73. The zero-order chi connectivity index (χ0) is 15.4. The van der Waals surface area contributed by atoms with Crippen molar-refractivity contribution in [1.29, 1.82) is 0 Å². The Morgan fingerprint density at radius 3 is 2.62 bits per heavy atom. The summed E-state index contributed by atoms with van der Waals surface area (Å²) in [6.45, 7) is 6.30. The van der Waals surface area contributed by atoms with E-state index in [0.29, 0.717) is 0 Å². The maximum absolute atomic E-state index is 10.4. The average Bonchev–Trinajstić information content (AvgIpc) is 2.70. The van der Waals surface area contributed by atoms with Gasteiger partial charge in [0.25, 0.3) is 0 Å². The van der Waals surface area contributed by atoms with Crippen LogP contribution in [0.3, 0.4) is 0 Å². The van der Waals surface area contributed by atoms with Crippen LogP contribution >= 0.6 is 0 Å². The third-order valence-corrected chi connectivity index (χ3v) is 4.20. The van der Waals surface area contributed by atoms with Crippen molar-refractivity contribution >= 4 is 0 Å². The molecule has 114 valence electrons. The van der Waals surface area contributed by atoms with Gasteiger partial charge in [0.1, 0.15) is 0 Å². The second-order valence-electron chi connectivity index (χ2n) is 5.82. The largest absolute Gasteiger partial charge is 0.388 e.